The average Bonchev–Trinajstić information content (AvgIpc) is 2.12. The first-order valence-corrected chi connectivity index (χ1v) is 7.01. The van der Waals surface area contributed by atoms with Gasteiger partial charge in [0.25, 0.3) is 0 Å². The Hall–Kier alpha value is -0.130. The molecule has 0 aromatic rings. The number of sulfone groups is 1. The van der Waals surface area contributed by atoms with Crippen molar-refractivity contribution >= 4 is 9.84 Å². The van der Waals surface area contributed by atoms with E-state index in [1.165, 1.54) is 0 Å². The Morgan fingerprint density at radius 2 is 1.87 bits per heavy atom. The molecule has 5 heteroatoms. The normalized spacial score (nSPS) is 16.7. The van der Waals surface area contributed by atoms with E-state index in [2.05, 4.69) is 5.32 Å². The highest BCUT2D eigenvalue weighted by atomic mass is 32.2. The number of hydrogen-bond donors (Lipinski definition) is 2. The van der Waals surface area contributed by atoms with E-state index in [1.54, 1.807) is 27.8 Å². The van der Waals surface area contributed by atoms with Gasteiger partial charge in [0.15, 0.2) is 9.84 Å². The minimum absolute atomic E-state index is 0.0569. The summed E-state index contributed by atoms with van der Waals surface area (Å²) in [6.07, 6.45) is 0.867. The summed E-state index contributed by atoms with van der Waals surface area (Å²) >= 11 is 0. The Labute approximate surface area is 93.0 Å². The molecule has 0 fully saturated rings. The molecule has 0 radical (unpaired) electrons. The Morgan fingerprint density at radius 1 is 1.33 bits per heavy atom. The molecule has 1 unspecified atom stereocenters. The zero-order valence-electron chi connectivity index (χ0n) is 10.1. The second-order valence-corrected chi connectivity index (χ2v) is 7.19. The first-order chi connectivity index (χ1) is 6.71. The maximum atomic E-state index is 11.5. The van der Waals surface area contributed by atoms with Crippen molar-refractivity contribution in [1.82, 2.24) is 5.32 Å². The van der Waals surface area contributed by atoms with Crippen LogP contribution in [0.4, 0.5) is 0 Å². The van der Waals surface area contributed by atoms with E-state index < -0.39 is 15.4 Å². The van der Waals surface area contributed by atoms with Crippen molar-refractivity contribution in [2.75, 3.05) is 19.3 Å². The van der Waals surface area contributed by atoms with Crippen LogP contribution in [0.5, 0.6) is 0 Å². The Bertz CT molecular complexity index is 270. The molecule has 0 spiro atoms. The van der Waals surface area contributed by atoms with Gasteiger partial charge in [-0.3, -0.25) is 0 Å². The fourth-order valence-electron chi connectivity index (χ4n) is 1.12. The monoisotopic (exact) mass is 237 g/mol. The largest absolute Gasteiger partial charge is 0.390 e. The third-order valence-electron chi connectivity index (χ3n) is 2.56. The topological polar surface area (TPSA) is 66.4 Å². The zero-order valence-corrected chi connectivity index (χ0v) is 10.9. The lowest BCUT2D eigenvalue weighted by Crippen LogP contribution is -2.32. The Morgan fingerprint density at radius 3 is 2.27 bits per heavy atom. The van der Waals surface area contributed by atoms with E-state index >= 15 is 0 Å². The molecule has 4 nitrogen and oxygen atoms in total. The van der Waals surface area contributed by atoms with Gasteiger partial charge >= 0.3 is 0 Å². The molecule has 92 valence electrons. The van der Waals surface area contributed by atoms with Crippen LogP contribution in [0.3, 0.4) is 0 Å². The van der Waals surface area contributed by atoms with Crippen LogP contribution in [-0.2, 0) is 9.84 Å². The second-order valence-electron chi connectivity index (χ2n) is 4.52. The molecule has 0 aromatic carbocycles. The van der Waals surface area contributed by atoms with Crippen LogP contribution in [0.15, 0.2) is 0 Å². The molecule has 0 aliphatic carbocycles. The fraction of sp³-hybridized carbons (Fsp3) is 1.00. The molecule has 0 aliphatic heterocycles. The van der Waals surface area contributed by atoms with Crippen molar-refractivity contribution in [3.8, 4) is 0 Å². The summed E-state index contributed by atoms with van der Waals surface area (Å²) in [6, 6.07) is 0. The lowest BCUT2D eigenvalue weighted by molar-refractivity contribution is 0.0485. The van der Waals surface area contributed by atoms with Crippen LogP contribution < -0.4 is 5.32 Å². The molecule has 0 rings (SSSR count). The van der Waals surface area contributed by atoms with Crippen molar-refractivity contribution in [2.24, 2.45) is 0 Å². The molecule has 2 N–H and O–H groups in total. The molecule has 15 heavy (non-hydrogen) atoms. The average molecular weight is 237 g/mol. The first kappa shape index (κ1) is 14.9. The summed E-state index contributed by atoms with van der Waals surface area (Å²) in [5.41, 5.74) is -0.898. The number of rotatable bonds is 7. The highest BCUT2D eigenvalue weighted by molar-refractivity contribution is 7.91. The molecule has 0 saturated heterocycles. The zero-order chi connectivity index (χ0) is 12.1. The molecular formula is C10H23NO3S. The minimum atomic E-state index is -3.04. The van der Waals surface area contributed by atoms with E-state index in [-0.39, 0.29) is 11.0 Å². The molecule has 0 aliphatic rings. The Balaban J connectivity index is 4.14. The summed E-state index contributed by atoms with van der Waals surface area (Å²) in [4.78, 5) is 0. The summed E-state index contributed by atoms with van der Waals surface area (Å²) < 4.78 is 23.0. The van der Waals surface area contributed by atoms with Crippen molar-refractivity contribution in [3.63, 3.8) is 0 Å². The SMILES string of the molecule is CNCCC(C)(O)CCS(=O)(=O)C(C)C. The standard InChI is InChI=1S/C10H23NO3S/c1-9(2)15(13,14)8-6-10(3,12)5-7-11-4/h9,11-12H,5-8H2,1-4H3. The van der Waals surface area contributed by atoms with Gasteiger partial charge in [0.1, 0.15) is 0 Å². The first-order valence-electron chi connectivity index (χ1n) is 5.30. The summed E-state index contributed by atoms with van der Waals surface area (Å²) in [7, 11) is -1.23. The fourth-order valence-corrected chi connectivity index (χ4v) is 2.31. The number of hydrogen-bond acceptors (Lipinski definition) is 4. The molecule has 0 aromatic heterocycles. The van der Waals surface area contributed by atoms with Crippen LogP contribution in [0.25, 0.3) is 0 Å². The van der Waals surface area contributed by atoms with Crippen LogP contribution in [0, 0.1) is 0 Å². The summed E-state index contributed by atoms with van der Waals surface area (Å²) in [5, 5.41) is 12.5. The van der Waals surface area contributed by atoms with Gasteiger partial charge in [-0.25, -0.2) is 8.42 Å². The van der Waals surface area contributed by atoms with Gasteiger partial charge in [-0.2, -0.15) is 0 Å². The highest BCUT2D eigenvalue weighted by Gasteiger charge is 2.24. The van der Waals surface area contributed by atoms with Crippen molar-refractivity contribution < 1.29 is 13.5 Å². The molecule has 0 bridgehead atoms. The second kappa shape index (κ2) is 5.82. The van der Waals surface area contributed by atoms with Gasteiger partial charge < -0.3 is 10.4 Å². The van der Waals surface area contributed by atoms with Crippen LogP contribution in [-0.4, -0.2) is 43.7 Å². The molecule has 0 saturated carbocycles. The van der Waals surface area contributed by atoms with E-state index in [9.17, 15) is 13.5 Å². The van der Waals surface area contributed by atoms with Crippen molar-refractivity contribution in [1.29, 1.82) is 0 Å². The van der Waals surface area contributed by atoms with Crippen LogP contribution >= 0.6 is 0 Å². The van der Waals surface area contributed by atoms with E-state index in [0.717, 1.165) is 0 Å². The molecule has 0 heterocycles. The van der Waals surface area contributed by atoms with Crippen molar-refractivity contribution in [3.05, 3.63) is 0 Å². The minimum Gasteiger partial charge on any atom is -0.390 e. The summed E-state index contributed by atoms with van der Waals surface area (Å²) in [5.74, 6) is 0.0569. The van der Waals surface area contributed by atoms with Crippen LogP contribution in [0.1, 0.15) is 33.6 Å². The molecule has 0 amide bonds. The quantitative estimate of drug-likeness (QED) is 0.679. The van der Waals surface area contributed by atoms with E-state index in [0.29, 0.717) is 19.4 Å². The van der Waals surface area contributed by atoms with E-state index in [4.69, 9.17) is 0 Å². The maximum absolute atomic E-state index is 11.5. The number of nitrogens with one attached hydrogen (secondary N) is 1. The van der Waals surface area contributed by atoms with Gasteiger partial charge in [-0.05, 0) is 47.2 Å². The lowest BCUT2D eigenvalue weighted by atomic mass is 9.99. The van der Waals surface area contributed by atoms with Gasteiger partial charge in [-0.1, -0.05) is 0 Å². The van der Waals surface area contributed by atoms with Gasteiger partial charge in [-0.15, -0.1) is 0 Å². The predicted molar refractivity (Wildman–Crippen MR) is 62.7 cm³/mol. The van der Waals surface area contributed by atoms with Crippen LogP contribution in [0.2, 0.25) is 0 Å². The molecular weight excluding hydrogens is 214 g/mol. The smallest absolute Gasteiger partial charge is 0.152 e. The van der Waals surface area contributed by atoms with E-state index in [1.807, 2.05) is 0 Å². The highest BCUT2D eigenvalue weighted by Crippen LogP contribution is 2.16. The summed E-state index contributed by atoms with van der Waals surface area (Å²) in [6.45, 7) is 5.70. The lowest BCUT2D eigenvalue weighted by Gasteiger charge is -2.23. The third-order valence-corrected chi connectivity index (χ3v) is 4.77. The van der Waals surface area contributed by atoms with Gasteiger partial charge in [0.2, 0.25) is 0 Å². The van der Waals surface area contributed by atoms with Gasteiger partial charge in [0.05, 0.1) is 16.6 Å². The van der Waals surface area contributed by atoms with Gasteiger partial charge in [0, 0.05) is 0 Å². The predicted octanol–water partition coefficient (Wildman–Crippen LogP) is 0.560. The van der Waals surface area contributed by atoms with Crippen molar-refractivity contribution in [2.45, 2.75) is 44.5 Å². The molecule has 1 atom stereocenters. The third kappa shape index (κ3) is 6.12. The Kier molecular flexibility index (Phi) is 5.77. The number of aliphatic hydroxyl groups is 1. The maximum Gasteiger partial charge on any atom is 0.152 e.